The van der Waals surface area contributed by atoms with Gasteiger partial charge < -0.3 is 10.2 Å². The number of nitrogens with zero attached hydrogens (tertiary/aromatic N) is 2. The number of carbonyl (C=O) groups excluding carboxylic acids is 1. The van der Waals surface area contributed by atoms with E-state index in [4.69, 9.17) is 0 Å². The number of hydrogen-bond acceptors (Lipinski definition) is 4. The third-order valence-corrected chi connectivity index (χ3v) is 6.95. The minimum absolute atomic E-state index is 0.0466. The van der Waals surface area contributed by atoms with E-state index in [9.17, 15) is 4.79 Å². The Bertz CT molecular complexity index is 517. The molecule has 1 amide bonds. The Morgan fingerprint density at radius 3 is 2.58 bits per heavy atom. The molecule has 2 aliphatic rings. The fourth-order valence-corrected chi connectivity index (χ4v) is 4.86. The number of likely N-dealkylation sites (tertiary alicyclic amines) is 2. The largest absolute Gasteiger partial charge is 0.354 e. The van der Waals surface area contributed by atoms with E-state index in [-0.39, 0.29) is 17.4 Å². The van der Waals surface area contributed by atoms with E-state index in [0.29, 0.717) is 0 Å². The van der Waals surface area contributed by atoms with Crippen molar-refractivity contribution in [3.8, 4) is 0 Å². The van der Waals surface area contributed by atoms with Crippen LogP contribution in [0.3, 0.4) is 0 Å². The molecule has 24 heavy (non-hydrogen) atoms. The third-order valence-electron chi connectivity index (χ3n) is 5.90. The molecule has 0 radical (unpaired) electrons. The average Bonchev–Trinajstić information content (AvgIpc) is 3.16. The van der Waals surface area contributed by atoms with Gasteiger partial charge in [-0.1, -0.05) is 12.5 Å². The van der Waals surface area contributed by atoms with Gasteiger partial charge in [-0.15, -0.1) is 11.3 Å². The summed E-state index contributed by atoms with van der Waals surface area (Å²) >= 11 is 1.67. The molecule has 0 aromatic carbocycles. The van der Waals surface area contributed by atoms with Crippen LogP contribution in [-0.2, 0) is 4.79 Å². The van der Waals surface area contributed by atoms with Crippen molar-refractivity contribution in [3.05, 3.63) is 22.4 Å². The first-order chi connectivity index (χ1) is 11.6. The molecule has 2 saturated heterocycles. The number of thiophene rings is 1. The molecule has 2 aliphatic heterocycles. The lowest BCUT2D eigenvalue weighted by molar-refractivity contribution is -0.123. The van der Waals surface area contributed by atoms with Crippen molar-refractivity contribution >= 4 is 17.2 Å². The molecule has 0 bridgehead atoms. The highest BCUT2D eigenvalue weighted by molar-refractivity contribution is 7.10. The van der Waals surface area contributed by atoms with Gasteiger partial charge in [0.05, 0.1) is 5.92 Å². The first-order valence-corrected chi connectivity index (χ1v) is 10.2. The van der Waals surface area contributed by atoms with Crippen LogP contribution in [0.2, 0.25) is 0 Å². The maximum absolute atomic E-state index is 12.6. The normalized spacial score (nSPS) is 23.8. The zero-order chi connectivity index (χ0) is 17.0. The molecule has 0 aliphatic carbocycles. The summed E-state index contributed by atoms with van der Waals surface area (Å²) in [6.07, 6.45) is 6.29. The van der Waals surface area contributed by atoms with Crippen LogP contribution in [0.5, 0.6) is 0 Å². The Balaban J connectivity index is 1.64. The molecule has 3 heterocycles. The molecule has 0 saturated carbocycles. The van der Waals surface area contributed by atoms with Gasteiger partial charge >= 0.3 is 0 Å². The zero-order valence-electron chi connectivity index (χ0n) is 15.1. The number of nitrogens with one attached hydrogen (secondary N) is 1. The SMILES string of the molecule is C[C@H](C(=O)NCC1(N2CCCCC2)CCN(C)CC1)c1cccs1. The Labute approximate surface area is 150 Å². The molecule has 134 valence electrons. The Morgan fingerprint density at radius 1 is 1.25 bits per heavy atom. The van der Waals surface area contributed by atoms with E-state index in [1.807, 2.05) is 18.4 Å². The molecule has 1 aromatic heterocycles. The highest BCUT2D eigenvalue weighted by atomic mass is 32.1. The number of carbonyl (C=O) groups is 1. The van der Waals surface area contributed by atoms with Crippen LogP contribution in [-0.4, -0.2) is 61.0 Å². The van der Waals surface area contributed by atoms with Crippen molar-refractivity contribution in [2.75, 3.05) is 39.8 Å². The van der Waals surface area contributed by atoms with E-state index in [1.165, 1.54) is 32.4 Å². The zero-order valence-corrected chi connectivity index (χ0v) is 15.9. The van der Waals surface area contributed by atoms with Gasteiger partial charge in [0, 0.05) is 17.0 Å². The maximum atomic E-state index is 12.6. The highest BCUT2D eigenvalue weighted by Gasteiger charge is 2.40. The van der Waals surface area contributed by atoms with Crippen molar-refractivity contribution < 1.29 is 4.79 Å². The van der Waals surface area contributed by atoms with Crippen molar-refractivity contribution in [1.29, 1.82) is 0 Å². The van der Waals surface area contributed by atoms with E-state index in [1.54, 1.807) is 11.3 Å². The summed E-state index contributed by atoms with van der Waals surface area (Å²) in [4.78, 5) is 18.9. The second-order valence-electron chi connectivity index (χ2n) is 7.53. The Kier molecular flexibility index (Phi) is 5.95. The molecule has 1 N–H and O–H groups in total. The summed E-state index contributed by atoms with van der Waals surface area (Å²) in [6, 6.07) is 4.08. The highest BCUT2D eigenvalue weighted by Crippen LogP contribution is 2.31. The molecule has 5 heteroatoms. The standard InChI is InChI=1S/C19H31N3OS/c1-16(17-7-6-14-24-17)18(23)20-15-19(8-12-21(2)13-9-19)22-10-4-3-5-11-22/h6-7,14,16H,3-5,8-13,15H2,1-2H3,(H,20,23)/t16-/m0/s1. The van der Waals surface area contributed by atoms with Crippen molar-refractivity contribution in [3.63, 3.8) is 0 Å². The van der Waals surface area contributed by atoms with E-state index in [0.717, 1.165) is 37.4 Å². The first kappa shape index (κ1) is 17.9. The number of amides is 1. The lowest BCUT2D eigenvalue weighted by Crippen LogP contribution is -2.61. The number of rotatable bonds is 5. The minimum Gasteiger partial charge on any atom is -0.354 e. The first-order valence-electron chi connectivity index (χ1n) is 9.35. The summed E-state index contributed by atoms with van der Waals surface area (Å²) in [5.74, 6) is 0.127. The molecule has 2 fully saturated rings. The summed E-state index contributed by atoms with van der Waals surface area (Å²) in [5.41, 5.74) is 0.164. The van der Waals surface area contributed by atoms with Gasteiger partial charge in [0.25, 0.3) is 0 Å². The smallest absolute Gasteiger partial charge is 0.228 e. The predicted molar refractivity (Wildman–Crippen MR) is 101 cm³/mol. The van der Waals surface area contributed by atoms with E-state index < -0.39 is 0 Å². The van der Waals surface area contributed by atoms with Crippen LogP contribution in [0.4, 0.5) is 0 Å². The second kappa shape index (κ2) is 7.98. The van der Waals surface area contributed by atoms with Crippen LogP contribution < -0.4 is 5.32 Å². The lowest BCUT2D eigenvalue weighted by atomic mass is 9.84. The van der Waals surface area contributed by atoms with Gasteiger partial charge in [-0.2, -0.15) is 0 Å². The lowest BCUT2D eigenvalue weighted by Gasteiger charge is -2.50. The molecular weight excluding hydrogens is 318 g/mol. The quantitative estimate of drug-likeness (QED) is 0.888. The van der Waals surface area contributed by atoms with Gasteiger partial charge in [-0.25, -0.2) is 0 Å². The molecule has 0 unspecified atom stereocenters. The van der Waals surface area contributed by atoms with Gasteiger partial charge in [-0.3, -0.25) is 9.69 Å². The van der Waals surface area contributed by atoms with Crippen molar-refractivity contribution in [2.45, 2.75) is 50.5 Å². The van der Waals surface area contributed by atoms with Crippen LogP contribution in [0.25, 0.3) is 0 Å². The summed E-state index contributed by atoms with van der Waals surface area (Å²) in [5, 5.41) is 5.35. The second-order valence-corrected chi connectivity index (χ2v) is 8.51. The molecule has 3 rings (SSSR count). The van der Waals surface area contributed by atoms with Crippen LogP contribution in [0.1, 0.15) is 49.8 Å². The van der Waals surface area contributed by atoms with Crippen molar-refractivity contribution in [2.24, 2.45) is 0 Å². The van der Waals surface area contributed by atoms with Crippen molar-refractivity contribution in [1.82, 2.24) is 15.1 Å². The van der Waals surface area contributed by atoms with E-state index >= 15 is 0 Å². The van der Waals surface area contributed by atoms with E-state index in [2.05, 4.69) is 28.2 Å². The number of hydrogen-bond donors (Lipinski definition) is 1. The summed E-state index contributed by atoms with van der Waals surface area (Å²) < 4.78 is 0. The van der Waals surface area contributed by atoms with Gasteiger partial charge in [0.15, 0.2) is 0 Å². The molecule has 1 atom stereocenters. The van der Waals surface area contributed by atoms with Gasteiger partial charge in [-0.05, 0) is 77.3 Å². The Hall–Kier alpha value is -0.910. The van der Waals surface area contributed by atoms with Crippen LogP contribution in [0.15, 0.2) is 17.5 Å². The fraction of sp³-hybridized carbons (Fsp3) is 0.737. The van der Waals surface area contributed by atoms with Gasteiger partial charge in [0.2, 0.25) is 5.91 Å². The van der Waals surface area contributed by atoms with Crippen LogP contribution >= 0.6 is 11.3 Å². The minimum atomic E-state index is -0.0466. The topological polar surface area (TPSA) is 35.6 Å². The predicted octanol–water partition coefficient (Wildman–Crippen LogP) is 2.92. The molecular formula is C19H31N3OS. The summed E-state index contributed by atoms with van der Waals surface area (Å²) in [7, 11) is 2.21. The molecule has 4 nitrogen and oxygen atoms in total. The Morgan fingerprint density at radius 2 is 1.96 bits per heavy atom. The maximum Gasteiger partial charge on any atom is 0.228 e. The molecule has 1 aromatic rings. The summed E-state index contributed by atoms with van der Waals surface area (Å²) in [6.45, 7) is 7.47. The third kappa shape index (κ3) is 4.01. The molecule has 0 spiro atoms. The van der Waals surface area contributed by atoms with Crippen LogP contribution in [0, 0.1) is 0 Å². The average molecular weight is 350 g/mol. The monoisotopic (exact) mass is 349 g/mol. The fourth-order valence-electron chi connectivity index (χ4n) is 4.08. The number of piperidine rings is 2. The van der Waals surface area contributed by atoms with Gasteiger partial charge in [0.1, 0.15) is 0 Å².